The molecule has 0 aromatic heterocycles. The van der Waals surface area contributed by atoms with Crippen LogP contribution in [0.25, 0.3) is 0 Å². The molecule has 0 radical (unpaired) electrons. The Morgan fingerprint density at radius 2 is 2.00 bits per heavy atom. The summed E-state index contributed by atoms with van der Waals surface area (Å²) in [5.74, 6) is -1.50. The first kappa shape index (κ1) is 13.2. The molecule has 1 fully saturated rings. The molecule has 0 aromatic rings. The molecule has 1 heterocycles. The second-order valence-electron chi connectivity index (χ2n) is 5.05. The maximum Gasteiger partial charge on any atom is 0.230 e. The van der Waals surface area contributed by atoms with Crippen molar-refractivity contribution in [2.45, 2.75) is 38.9 Å². The van der Waals surface area contributed by atoms with Crippen molar-refractivity contribution in [2.75, 3.05) is 0 Å². The fraction of sp³-hybridized carbons (Fsp3) is 0.727. The van der Waals surface area contributed by atoms with Crippen molar-refractivity contribution in [3.63, 3.8) is 0 Å². The van der Waals surface area contributed by atoms with Gasteiger partial charge in [0.25, 0.3) is 0 Å². The number of nitrogens with one attached hydrogen (secondary N) is 1. The van der Waals surface area contributed by atoms with E-state index in [0.29, 0.717) is 0 Å². The number of amides is 2. The van der Waals surface area contributed by atoms with E-state index < -0.39 is 11.8 Å². The second-order valence-corrected chi connectivity index (χ2v) is 6.88. The van der Waals surface area contributed by atoms with Gasteiger partial charge in [-0.2, -0.15) is 0 Å². The van der Waals surface area contributed by atoms with Gasteiger partial charge < -0.3 is 0 Å². The van der Waals surface area contributed by atoms with Crippen LogP contribution in [-0.4, -0.2) is 21.7 Å². The average molecular weight is 243 g/mol. The van der Waals surface area contributed by atoms with Crippen LogP contribution in [0, 0.1) is 11.8 Å². The number of hydrogen-bond acceptors (Lipinski definition) is 4. The highest BCUT2D eigenvalue weighted by atomic mass is 32.2. The Bertz CT molecular complexity index is 333. The van der Waals surface area contributed by atoms with Gasteiger partial charge in [0, 0.05) is 17.1 Å². The number of rotatable bonds is 2. The van der Waals surface area contributed by atoms with Crippen LogP contribution in [-0.2, 0) is 14.4 Å². The Morgan fingerprint density at radius 1 is 1.44 bits per heavy atom. The van der Waals surface area contributed by atoms with Crippen molar-refractivity contribution in [2.24, 2.45) is 11.8 Å². The van der Waals surface area contributed by atoms with Crippen molar-refractivity contribution < 1.29 is 14.4 Å². The molecule has 2 atom stereocenters. The van der Waals surface area contributed by atoms with Crippen molar-refractivity contribution in [1.82, 2.24) is 5.32 Å². The van der Waals surface area contributed by atoms with Gasteiger partial charge in [-0.25, -0.2) is 0 Å². The molecule has 0 aliphatic carbocycles. The van der Waals surface area contributed by atoms with Crippen LogP contribution < -0.4 is 5.32 Å². The van der Waals surface area contributed by atoms with Crippen LogP contribution in [0.3, 0.4) is 0 Å². The molecule has 2 unspecified atom stereocenters. The summed E-state index contributed by atoms with van der Waals surface area (Å²) in [6.07, 6.45) is 0.135. The van der Waals surface area contributed by atoms with Gasteiger partial charge in [-0.15, -0.1) is 0 Å². The lowest BCUT2D eigenvalue weighted by Gasteiger charge is -2.21. The first-order valence-corrected chi connectivity index (χ1v) is 6.09. The highest BCUT2D eigenvalue weighted by molar-refractivity contribution is 8.14. The van der Waals surface area contributed by atoms with E-state index >= 15 is 0 Å². The topological polar surface area (TPSA) is 63.2 Å². The first-order chi connectivity index (χ1) is 7.20. The fourth-order valence-corrected chi connectivity index (χ4v) is 2.49. The minimum absolute atomic E-state index is 0.0256. The van der Waals surface area contributed by atoms with Crippen LogP contribution in [0.1, 0.15) is 34.1 Å². The van der Waals surface area contributed by atoms with E-state index in [-0.39, 0.29) is 28.1 Å². The van der Waals surface area contributed by atoms with Gasteiger partial charge in [0.1, 0.15) is 0 Å². The third-order valence-electron chi connectivity index (χ3n) is 2.39. The van der Waals surface area contributed by atoms with Crippen molar-refractivity contribution in [3.05, 3.63) is 0 Å². The Morgan fingerprint density at radius 3 is 2.38 bits per heavy atom. The zero-order valence-corrected chi connectivity index (χ0v) is 10.8. The van der Waals surface area contributed by atoms with Gasteiger partial charge in [0.15, 0.2) is 5.12 Å². The normalized spacial score (nSPS) is 23.1. The maximum atomic E-state index is 11.9. The molecule has 1 rings (SSSR count). The van der Waals surface area contributed by atoms with E-state index in [1.807, 2.05) is 20.8 Å². The number of hydrogen-bond donors (Lipinski definition) is 1. The summed E-state index contributed by atoms with van der Waals surface area (Å²) in [6.45, 7) is 7.55. The van der Waals surface area contributed by atoms with Crippen LogP contribution in [0.4, 0.5) is 0 Å². The highest BCUT2D eigenvalue weighted by Crippen LogP contribution is 2.31. The molecule has 90 valence electrons. The predicted octanol–water partition coefficient (Wildman–Crippen LogP) is 1.34. The van der Waals surface area contributed by atoms with Gasteiger partial charge in [0.2, 0.25) is 11.8 Å². The molecule has 1 aliphatic rings. The number of imide groups is 1. The lowest BCUT2D eigenvalue weighted by Crippen LogP contribution is -2.29. The lowest BCUT2D eigenvalue weighted by atomic mass is 9.94. The van der Waals surface area contributed by atoms with Gasteiger partial charge in [-0.1, -0.05) is 39.5 Å². The van der Waals surface area contributed by atoms with E-state index in [1.54, 1.807) is 6.92 Å². The minimum atomic E-state index is -0.491. The maximum absolute atomic E-state index is 11.9. The SMILES string of the molecule is CC(C(=O)SC(C)(C)C)C1CC(=O)NC1=O. The van der Waals surface area contributed by atoms with E-state index in [2.05, 4.69) is 5.32 Å². The molecule has 1 aliphatic heterocycles. The molecule has 1 N–H and O–H groups in total. The van der Waals surface area contributed by atoms with E-state index in [1.165, 1.54) is 11.8 Å². The molecule has 1 saturated heterocycles. The monoisotopic (exact) mass is 243 g/mol. The summed E-state index contributed by atoms with van der Waals surface area (Å²) < 4.78 is -0.162. The van der Waals surface area contributed by atoms with Gasteiger partial charge in [-0.3, -0.25) is 19.7 Å². The van der Waals surface area contributed by atoms with Crippen LogP contribution in [0.5, 0.6) is 0 Å². The summed E-state index contributed by atoms with van der Waals surface area (Å²) in [5.41, 5.74) is 0. The molecule has 16 heavy (non-hydrogen) atoms. The molecule has 0 bridgehead atoms. The van der Waals surface area contributed by atoms with Crippen LogP contribution >= 0.6 is 11.8 Å². The zero-order chi connectivity index (χ0) is 12.5. The molecular weight excluding hydrogens is 226 g/mol. The van der Waals surface area contributed by atoms with Crippen LogP contribution in [0.15, 0.2) is 0 Å². The van der Waals surface area contributed by atoms with E-state index in [9.17, 15) is 14.4 Å². The van der Waals surface area contributed by atoms with Gasteiger partial charge in [0.05, 0.1) is 5.92 Å². The van der Waals surface area contributed by atoms with E-state index in [0.717, 1.165) is 0 Å². The number of thioether (sulfide) groups is 1. The summed E-state index contributed by atoms with van der Waals surface area (Å²) >= 11 is 1.22. The Kier molecular flexibility index (Phi) is 3.78. The number of carbonyl (C=O) groups is 3. The Labute approximate surface area is 99.5 Å². The quantitative estimate of drug-likeness (QED) is 0.743. The van der Waals surface area contributed by atoms with Crippen molar-refractivity contribution in [3.8, 4) is 0 Å². The molecule has 4 nitrogen and oxygen atoms in total. The first-order valence-electron chi connectivity index (χ1n) is 5.27. The van der Waals surface area contributed by atoms with Crippen molar-refractivity contribution in [1.29, 1.82) is 0 Å². The summed E-state index contributed by atoms with van der Waals surface area (Å²) in [7, 11) is 0. The lowest BCUT2D eigenvalue weighted by molar-refractivity contribution is -0.128. The van der Waals surface area contributed by atoms with E-state index in [4.69, 9.17) is 0 Å². The Balaban J connectivity index is 2.64. The zero-order valence-electron chi connectivity index (χ0n) is 9.99. The second kappa shape index (κ2) is 4.57. The summed E-state index contributed by atoms with van der Waals surface area (Å²) in [5, 5.41) is 2.20. The predicted molar refractivity (Wildman–Crippen MR) is 62.8 cm³/mol. The number of carbonyl (C=O) groups excluding carboxylic acids is 3. The molecular formula is C11H17NO3S. The van der Waals surface area contributed by atoms with Gasteiger partial charge >= 0.3 is 0 Å². The average Bonchev–Trinajstić information content (AvgIpc) is 2.41. The summed E-state index contributed by atoms with van der Waals surface area (Å²) in [4.78, 5) is 34.3. The molecule has 2 amide bonds. The standard InChI is InChI=1S/C11H17NO3S/c1-6(10(15)16-11(2,3)4)7-5-8(13)12-9(7)14/h6-7H,5H2,1-4H3,(H,12,13,14). The third kappa shape index (κ3) is 3.33. The molecule has 0 spiro atoms. The third-order valence-corrected chi connectivity index (χ3v) is 3.57. The van der Waals surface area contributed by atoms with Gasteiger partial charge in [-0.05, 0) is 0 Å². The molecule has 0 aromatic carbocycles. The molecule has 0 saturated carbocycles. The largest absolute Gasteiger partial charge is 0.296 e. The Hall–Kier alpha value is -0.840. The molecule has 5 heteroatoms. The smallest absolute Gasteiger partial charge is 0.230 e. The highest BCUT2D eigenvalue weighted by Gasteiger charge is 2.38. The summed E-state index contributed by atoms with van der Waals surface area (Å²) in [6, 6.07) is 0. The fourth-order valence-electron chi connectivity index (χ4n) is 1.54. The van der Waals surface area contributed by atoms with Crippen molar-refractivity contribution >= 4 is 28.7 Å². The van der Waals surface area contributed by atoms with Crippen LogP contribution in [0.2, 0.25) is 0 Å². The minimum Gasteiger partial charge on any atom is -0.296 e.